The lowest BCUT2D eigenvalue weighted by Gasteiger charge is -2.07. The van der Waals surface area contributed by atoms with Gasteiger partial charge >= 0.3 is 5.97 Å². The maximum atomic E-state index is 11.1. The van der Waals surface area contributed by atoms with E-state index in [1.165, 1.54) is 7.11 Å². The molecule has 0 aliphatic rings. The molecule has 0 spiro atoms. The van der Waals surface area contributed by atoms with Gasteiger partial charge in [-0.2, -0.15) is 0 Å². The van der Waals surface area contributed by atoms with Gasteiger partial charge in [0.05, 0.1) is 13.0 Å². The average molecular weight is 166 g/mol. The summed E-state index contributed by atoms with van der Waals surface area (Å²) in [5.74, 6) is 2.04. The molecule has 0 bridgehead atoms. The van der Waals surface area contributed by atoms with Gasteiger partial charge in [-0.25, -0.2) is 0 Å². The van der Waals surface area contributed by atoms with Crippen LogP contribution in [0, 0.1) is 18.3 Å². The van der Waals surface area contributed by atoms with Crippen molar-refractivity contribution >= 4 is 5.97 Å². The molecule has 0 amide bonds. The Morgan fingerprint density at radius 1 is 1.75 bits per heavy atom. The summed E-state index contributed by atoms with van der Waals surface area (Å²) >= 11 is 0. The van der Waals surface area contributed by atoms with Gasteiger partial charge < -0.3 is 4.74 Å². The molecule has 1 unspecified atom stereocenters. The highest BCUT2D eigenvalue weighted by atomic mass is 16.5. The van der Waals surface area contributed by atoms with E-state index in [1.807, 2.05) is 19.1 Å². The lowest BCUT2D eigenvalue weighted by Crippen LogP contribution is -2.14. The zero-order valence-electron chi connectivity index (χ0n) is 7.54. The summed E-state index contributed by atoms with van der Waals surface area (Å²) in [6.45, 7) is 1.91. The SMILES string of the molecule is C#CCC(C/C=C/C)C(=O)OC. The quantitative estimate of drug-likeness (QED) is 0.361. The summed E-state index contributed by atoms with van der Waals surface area (Å²) in [6, 6.07) is 0. The van der Waals surface area contributed by atoms with Crippen molar-refractivity contribution < 1.29 is 9.53 Å². The van der Waals surface area contributed by atoms with Crippen LogP contribution in [0.15, 0.2) is 12.2 Å². The molecule has 0 aromatic heterocycles. The first-order valence-corrected chi connectivity index (χ1v) is 3.88. The highest BCUT2D eigenvalue weighted by Gasteiger charge is 2.15. The first-order valence-electron chi connectivity index (χ1n) is 3.88. The van der Waals surface area contributed by atoms with Crippen LogP contribution in [-0.2, 0) is 9.53 Å². The molecule has 0 heterocycles. The number of methoxy groups -OCH3 is 1. The number of esters is 1. The Morgan fingerprint density at radius 3 is 2.83 bits per heavy atom. The van der Waals surface area contributed by atoms with Crippen LogP contribution in [0.2, 0.25) is 0 Å². The molecule has 0 rings (SSSR count). The van der Waals surface area contributed by atoms with Crippen LogP contribution in [0.4, 0.5) is 0 Å². The van der Waals surface area contributed by atoms with E-state index >= 15 is 0 Å². The predicted octanol–water partition coefficient (Wildman–Crippen LogP) is 1.77. The second kappa shape index (κ2) is 6.48. The van der Waals surface area contributed by atoms with Crippen LogP contribution >= 0.6 is 0 Å². The van der Waals surface area contributed by atoms with Gasteiger partial charge in [0.2, 0.25) is 0 Å². The van der Waals surface area contributed by atoms with Gasteiger partial charge in [-0.1, -0.05) is 12.2 Å². The number of rotatable bonds is 4. The number of hydrogen-bond donors (Lipinski definition) is 0. The summed E-state index contributed by atoms with van der Waals surface area (Å²) < 4.78 is 4.59. The number of terminal acetylenes is 1. The number of carbonyl (C=O) groups excluding carboxylic acids is 1. The highest BCUT2D eigenvalue weighted by molar-refractivity contribution is 5.72. The van der Waals surface area contributed by atoms with Crippen LogP contribution in [0.5, 0.6) is 0 Å². The topological polar surface area (TPSA) is 26.3 Å². The fraction of sp³-hybridized carbons (Fsp3) is 0.500. The molecular weight excluding hydrogens is 152 g/mol. The maximum absolute atomic E-state index is 11.1. The summed E-state index contributed by atoms with van der Waals surface area (Å²) in [7, 11) is 1.38. The fourth-order valence-corrected chi connectivity index (χ4v) is 0.872. The third-order valence-corrected chi connectivity index (χ3v) is 1.56. The molecule has 1 atom stereocenters. The van der Waals surface area contributed by atoms with Crippen molar-refractivity contribution in [2.75, 3.05) is 7.11 Å². The smallest absolute Gasteiger partial charge is 0.309 e. The van der Waals surface area contributed by atoms with Gasteiger partial charge in [-0.15, -0.1) is 12.3 Å². The van der Waals surface area contributed by atoms with Crippen LogP contribution in [0.25, 0.3) is 0 Å². The summed E-state index contributed by atoms with van der Waals surface area (Å²) in [5.41, 5.74) is 0. The lowest BCUT2D eigenvalue weighted by molar-refractivity contribution is -0.145. The Morgan fingerprint density at radius 2 is 2.42 bits per heavy atom. The molecule has 0 aliphatic heterocycles. The molecule has 0 fully saturated rings. The van der Waals surface area contributed by atoms with Gasteiger partial charge in [-0.3, -0.25) is 4.79 Å². The predicted molar refractivity (Wildman–Crippen MR) is 48.4 cm³/mol. The molecule has 0 radical (unpaired) electrons. The second-order valence-electron chi connectivity index (χ2n) is 2.43. The first-order chi connectivity index (χ1) is 5.76. The zero-order valence-corrected chi connectivity index (χ0v) is 7.54. The van der Waals surface area contributed by atoms with Crippen LogP contribution in [0.3, 0.4) is 0 Å². The van der Waals surface area contributed by atoms with Crippen molar-refractivity contribution in [3.63, 3.8) is 0 Å². The number of carbonyl (C=O) groups is 1. The van der Waals surface area contributed by atoms with Gasteiger partial charge in [0.25, 0.3) is 0 Å². The normalized spacial score (nSPS) is 12.4. The van der Waals surface area contributed by atoms with Crippen molar-refractivity contribution in [3.05, 3.63) is 12.2 Å². The molecule has 66 valence electrons. The van der Waals surface area contributed by atoms with Gasteiger partial charge in [0, 0.05) is 6.42 Å². The van der Waals surface area contributed by atoms with Crippen molar-refractivity contribution in [3.8, 4) is 12.3 Å². The molecule has 0 aliphatic carbocycles. The minimum absolute atomic E-state index is 0.184. The van der Waals surface area contributed by atoms with E-state index in [0.29, 0.717) is 12.8 Å². The van der Waals surface area contributed by atoms with E-state index in [4.69, 9.17) is 6.42 Å². The molecule has 12 heavy (non-hydrogen) atoms. The average Bonchev–Trinajstić information content (AvgIpc) is 2.11. The van der Waals surface area contributed by atoms with E-state index in [2.05, 4.69) is 10.7 Å². The van der Waals surface area contributed by atoms with Crippen molar-refractivity contribution in [1.29, 1.82) is 0 Å². The molecule has 2 heteroatoms. The van der Waals surface area contributed by atoms with Crippen LogP contribution in [0.1, 0.15) is 19.8 Å². The lowest BCUT2D eigenvalue weighted by atomic mass is 10.0. The minimum Gasteiger partial charge on any atom is -0.469 e. The summed E-state index contributed by atoms with van der Waals surface area (Å²) in [6.07, 6.45) is 10.0. The number of ether oxygens (including phenoxy) is 1. The van der Waals surface area contributed by atoms with Crippen LogP contribution < -0.4 is 0 Å². The molecule has 0 saturated carbocycles. The van der Waals surface area contributed by atoms with E-state index in [9.17, 15) is 4.79 Å². The molecule has 0 aromatic carbocycles. The molecule has 0 aromatic rings. The Labute approximate surface area is 73.6 Å². The Balaban J connectivity index is 4.04. The molecule has 0 N–H and O–H groups in total. The largest absolute Gasteiger partial charge is 0.469 e. The third-order valence-electron chi connectivity index (χ3n) is 1.56. The Hall–Kier alpha value is -1.23. The summed E-state index contributed by atoms with van der Waals surface area (Å²) in [5, 5.41) is 0. The van der Waals surface area contributed by atoms with Crippen molar-refractivity contribution in [1.82, 2.24) is 0 Å². The van der Waals surface area contributed by atoms with Gasteiger partial charge in [-0.05, 0) is 13.3 Å². The number of allylic oxidation sites excluding steroid dienone is 2. The van der Waals surface area contributed by atoms with E-state index in [-0.39, 0.29) is 11.9 Å². The zero-order chi connectivity index (χ0) is 9.40. The fourth-order valence-electron chi connectivity index (χ4n) is 0.872. The van der Waals surface area contributed by atoms with E-state index in [1.54, 1.807) is 0 Å². The molecule has 2 nitrogen and oxygen atoms in total. The van der Waals surface area contributed by atoms with Gasteiger partial charge in [0.1, 0.15) is 0 Å². The number of hydrogen-bond acceptors (Lipinski definition) is 2. The van der Waals surface area contributed by atoms with E-state index < -0.39 is 0 Å². The molecule has 0 saturated heterocycles. The Kier molecular flexibility index (Phi) is 5.81. The second-order valence-corrected chi connectivity index (χ2v) is 2.43. The minimum atomic E-state index is -0.231. The third kappa shape index (κ3) is 3.82. The molecular formula is C10H14O2. The van der Waals surface area contributed by atoms with Crippen molar-refractivity contribution in [2.45, 2.75) is 19.8 Å². The standard InChI is InChI=1S/C10H14O2/c1-4-6-8-9(7-5-2)10(11)12-3/h2,4,6,9H,7-8H2,1,3H3/b6-4+. The monoisotopic (exact) mass is 166 g/mol. The summed E-state index contributed by atoms with van der Waals surface area (Å²) in [4.78, 5) is 11.1. The Bertz CT molecular complexity index is 198. The van der Waals surface area contributed by atoms with Crippen LogP contribution in [-0.4, -0.2) is 13.1 Å². The van der Waals surface area contributed by atoms with Gasteiger partial charge in [0.15, 0.2) is 0 Å². The first kappa shape index (κ1) is 10.8. The van der Waals surface area contributed by atoms with E-state index in [0.717, 1.165) is 0 Å². The van der Waals surface area contributed by atoms with Crippen molar-refractivity contribution in [2.24, 2.45) is 5.92 Å². The maximum Gasteiger partial charge on any atom is 0.309 e. The highest BCUT2D eigenvalue weighted by Crippen LogP contribution is 2.10.